The van der Waals surface area contributed by atoms with E-state index < -0.39 is 5.92 Å². The summed E-state index contributed by atoms with van der Waals surface area (Å²) >= 11 is 0. The first kappa shape index (κ1) is 10.3. The molecule has 1 saturated carbocycles. The summed E-state index contributed by atoms with van der Waals surface area (Å²) in [6.45, 7) is 2.37. The standard InChI is InChI=1S/C10H17F2NO/c1-13(9-2-3-14-7-9)6-8-4-10(11,12)5-8/h8-9H,2-7H2,1H3/t9-/m1/s1. The van der Waals surface area contributed by atoms with Crippen molar-refractivity contribution in [2.45, 2.75) is 31.2 Å². The fourth-order valence-corrected chi connectivity index (χ4v) is 2.34. The Morgan fingerprint density at radius 1 is 1.43 bits per heavy atom. The summed E-state index contributed by atoms with van der Waals surface area (Å²) < 4.78 is 30.4. The topological polar surface area (TPSA) is 12.5 Å². The molecule has 1 atom stereocenters. The minimum Gasteiger partial charge on any atom is -0.380 e. The van der Waals surface area contributed by atoms with Crippen molar-refractivity contribution in [3.63, 3.8) is 0 Å². The third-order valence-corrected chi connectivity index (χ3v) is 3.25. The van der Waals surface area contributed by atoms with Gasteiger partial charge in [-0.1, -0.05) is 0 Å². The zero-order valence-corrected chi connectivity index (χ0v) is 8.51. The molecule has 0 bridgehead atoms. The van der Waals surface area contributed by atoms with Gasteiger partial charge in [-0.3, -0.25) is 0 Å². The number of rotatable bonds is 3. The third kappa shape index (κ3) is 2.23. The van der Waals surface area contributed by atoms with Crippen molar-refractivity contribution in [2.24, 2.45) is 5.92 Å². The second-order valence-electron chi connectivity index (χ2n) is 4.59. The Morgan fingerprint density at radius 3 is 2.64 bits per heavy atom. The van der Waals surface area contributed by atoms with Crippen molar-refractivity contribution in [1.29, 1.82) is 0 Å². The molecule has 1 aliphatic carbocycles. The molecule has 1 aliphatic heterocycles. The molecule has 1 heterocycles. The van der Waals surface area contributed by atoms with Gasteiger partial charge in [0.1, 0.15) is 0 Å². The number of alkyl halides is 2. The van der Waals surface area contributed by atoms with Crippen molar-refractivity contribution in [2.75, 3.05) is 26.8 Å². The highest BCUT2D eigenvalue weighted by molar-refractivity contribution is 4.88. The smallest absolute Gasteiger partial charge is 0.248 e. The maximum absolute atomic E-state index is 12.6. The minimum atomic E-state index is -2.38. The molecule has 0 amide bonds. The van der Waals surface area contributed by atoms with Gasteiger partial charge in [0.15, 0.2) is 0 Å². The summed E-state index contributed by atoms with van der Waals surface area (Å²) in [6, 6.07) is 0.448. The first-order chi connectivity index (χ1) is 6.57. The van der Waals surface area contributed by atoms with Crippen LogP contribution in [-0.2, 0) is 4.74 Å². The van der Waals surface area contributed by atoms with E-state index in [4.69, 9.17) is 4.74 Å². The molecular weight excluding hydrogens is 188 g/mol. The highest BCUT2D eigenvalue weighted by Crippen LogP contribution is 2.42. The van der Waals surface area contributed by atoms with E-state index in [9.17, 15) is 8.78 Å². The SMILES string of the molecule is CN(CC1CC(F)(F)C1)[C@@H]1CCOC1. The van der Waals surface area contributed by atoms with Gasteiger partial charge in [0.2, 0.25) is 5.92 Å². The van der Waals surface area contributed by atoms with E-state index in [-0.39, 0.29) is 18.8 Å². The van der Waals surface area contributed by atoms with Gasteiger partial charge >= 0.3 is 0 Å². The van der Waals surface area contributed by atoms with Crippen LogP contribution in [-0.4, -0.2) is 43.7 Å². The van der Waals surface area contributed by atoms with E-state index in [1.54, 1.807) is 0 Å². The lowest BCUT2D eigenvalue weighted by Gasteiger charge is -2.38. The van der Waals surface area contributed by atoms with Crippen LogP contribution in [0.3, 0.4) is 0 Å². The molecule has 0 radical (unpaired) electrons. The highest BCUT2D eigenvalue weighted by Gasteiger charge is 2.45. The van der Waals surface area contributed by atoms with Crippen molar-refractivity contribution >= 4 is 0 Å². The predicted molar refractivity (Wildman–Crippen MR) is 49.5 cm³/mol. The van der Waals surface area contributed by atoms with Crippen LogP contribution in [0.4, 0.5) is 8.78 Å². The van der Waals surface area contributed by atoms with E-state index in [0.29, 0.717) is 6.04 Å². The van der Waals surface area contributed by atoms with E-state index in [2.05, 4.69) is 4.90 Å². The molecule has 2 aliphatic rings. The van der Waals surface area contributed by atoms with Gasteiger partial charge in [-0.2, -0.15) is 0 Å². The second kappa shape index (κ2) is 3.74. The van der Waals surface area contributed by atoms with Crippen molar-refractivity contribution in [3.05, 3.63) is 0 Å². The van der Waals surface area contributed by atoms with Crippen LogP contribution >= 0.6 is 0 Å². The van der Waals surface area contributed by atoms with Crippen LogP contribution in [0.15, 0.2) is 0 Å². The van der Waals surface area contributed by atoms with Crippen LogP contribution < -0.4 is 0 Å². The number of hydrogen-bond donors (Lipinski definition) is 0. The first-order valence-corrected chi connectivity index (χ1v) is 5.23. The highest BCUT2D eigenvalue weighted by atomic mass is 19.3. The van der Waals surface area contributed by atoms with E-state index >= 15 is 0 Å². The lowest BCUT2D eigenvalue weighted by molar-refractivity contribution is -0.116. The molecule has 0 aromatic rings. The van der Waals surface area contributed by atoms with Crippen LogP contribution in [0, 0.1) is 5.92 Å². The molecule has 0 N–H and O–H groups in total. The molecule has 82 valence electrons. The average Bonchev–Trinajstić information content (AvgIpc) is 2.51. The lowest BCUT2D eigenvalue weighted by atomic mass is 9.81. The van der Waals surface area contributed by atoms with Crippen LogP contribution in [0.1, 0.15) is 19.3 Å². The normalized spacial score (nSPS) is 32.1. The number of halogens is 2. The molecule has 2 rings (SSSR count). The van der Waals surface area contributed by atoms with Crippen LogP contribution in [0.2, 0.25) is 0 Å². The van der Waals surface area contributed by atoms with Gasteiger partial charge < -0.3 is 9.64 Å². The summed E-state index contributed by atoms with van der Waals surface area (Å²) in [5.41, 5.74) is 0. The molecule has 2 nitrogen and oxygen atoms in total. The summed E-state index contributed by atoms with van der Waals surface area (Å²) in [5.74, 6) is -2.19. The van der Waals surface area contributed by atoms with E-state index in [0.717, 1.165) is 26.2 Å². The van der Waals surface area contributed by atoms with Crippen molar-refractivity contribution < 1.29 is 13.5 Å². The molecule has 1 saturated heterocycles. The Morgan fingerprint density at radius 2 is 2.14 bits per heavy atom. The number of ether oxygens (including phenoxy) is 1. The molecule has 0 aromatic heterocycles. The maximum atomic E-state index is 12.6. The zero-order chi connectivity index (χ0) is 10.2. The van der Waals surface area contributed by atoms with Gasteiger partial charge in [-0.05, 0) is 19.4 Å². The van der Waals surface area contributed by atoms with Crippen molar-refractivity contribution in [3.8, 4) is 0 Å². The molecule has 4 heteroatoms. The Bertz CT molecular complexity index is 196. The van der Waals surface area contributed by atoms with Gasteiger partial charge in [-0.25, -0.2) is 8.78 Å². The van der Waals surface area contributed by atoms with Gasteiger partial charge in [-0.15, -0.1) is 0 Å². The van der Waals surface area contributed by atoms with E-state index in [1.807, 2.05) is 7.05 Å². The summed E-state index contributed by atoms with van der Waals surface area (Å²) in [7, 11) is 2.01. The van der Waals surface area contributed by atoms with E-state index in [1.165, 1.54) is 0 Å². The monoisotopic (exact) mass is 205 g/mol. The summed E-state index contributed by atoms with van der Waals surface area (Å²) in [4.78, 5) is 2.17. The molecule has 2 fully saturated rings. The Labute approximate surface area is 83.2 Å². The Kier molecular flexibility index (Phi) is 2.75. The second-order valence-corrected chi connectivity index (χ2v) is 4.59. The zero-order valence-electron chi connectivity index (χ0n) is 8.51. The third-order valence-electron chi connectivity index (χ3n) is 3.25. The van der Waals surface area contributed by atoms with Crippen molar-refractivity contribution in [1.82, 2.24) is 4.90 Å². The molecule has 0 unspecified atom stereocenters. The largest absolute Gasteiger partial charge is 0.380 e. The van der Waals surface area contributed by atoms with Gasteiger partial charge in [0.25, 0.3) is 0 Å². The van der Waals surface area contributed by atoms with Gasteiger partial charge in [0.05, 0.1) is 6.61 Å². The van der Waals surface area contributed by atoms with Crippen LogP contribution in [0.5, 0.6) is 0 Å². The average molecular weight is 205 g/mol. The lowest BCUT2D eigenvalue weighted by Crippen LogP contribution is -2.44. The molecular formula is C10H17F2NO. The minimum absolute atomic E-state index is 0.0743. The number of likely N-dealkylation sites (N-methyl/N-ethyl adjacent to an activating group) is 1. The molecule has 0 aromatic carbocycles. The van der Waals surface area contributed by atoms with Crippen LogP contribution in [0.25, 0.3) is 0 Å². The fourth-order valence-electron chi connectivity index (χ4n) is 2.34. The maximum Gasteiger partial charge on any atom is 0.248 e. The fraction of sp³-hybridized carbons (Fsp3) is 1.00. The molecule has 0 spiro atoms. The number of nitrogens with zero attached hydrogens (tertiary/aromatic N) is 1. The summed E-state index contributed by atoms with van der Waals surface area (Å²) in [5, 5.41) is 0. The molecule has 14 heavy (non-hydrogen) atoms. The summed E-state index contributed by atoms with van der Waals surface area (Å²) in [6.07, 6.45) is 1.19. The first-order valence-electron chi connectivity index (χ1n) is 5.23. The number of hydrogen-bond acceptors (Lipinski definition) is 2. The Hall–Kier alpha value is -0.220. The quantitative estimate of drug-likeness (QED) is 0.696. The Balaban J connectivity index is 1.70. The predicted octanol–water partition coefficient (Wildman–Crippen LogP) is 1.75. The van der Waals surface area contributed by atoms with Gasteiger partial charge in [0, 0.05) is 32.0 Å².